The number of phenolic OH excluding ortho intramolecular Hbond substituents is 4. The summed E-state index contributed by atoms with van der Waals surface area (Å²) in [7, 11) is 0. The molecule has 1 radical (unpaired) electrons. The summed E-state index contributed by atoms with van der Waals surface area (Å²) in [6.07, 6.45) is 15.0. The van der Waals surface area contributed by atoms with Gasteiger partial charge in [0.05, 0.1) is 27.6 Å². The van der Waals surface area contributed by atoms with Gasteiger partial charge in [-0.3, -0.25) is 25.0 Å². The van der Waals surface area contributed by atoms with Crippen LogP contribution in [0.3, 0.4) is 0 Å². The summed E-state index contributed by atoms with van der Waals surface area (Å²) in [5.41, 5.74) is 0.0655. The number of azo groups is 2. The summed E-state index contributed by atoms with van der Waals surface area (Å²) < 4.78 is 0. The number of rotatable bonds is 9. The van der Waals surface area contributed by atoms with E-state index in [0.29, 0.717) is 21.8 Å². The minimum Gasteiger partial charge on any atom is -0.506 e. The van der Waals surface area contributed by atoms with Gasteiger partial charge in [0.2, 0.25) is 5.91 Å². The Morgan fingerprint density at radius 2 is 1.06 bits per heavy atom. The third-order valence-corrected chi connectivity index (χ3v) is 10.9. The topological polar surface area (TPSA) is 262 Å². The molecule has 0 heterocycles. The molecule has 1 amide bonds. The molecule has 0 aliphatic heterocycles. The number of quaternary nitrogens is 1. The van der Waals surface area contributed by atoms with Crippen molar-refractivity contribution >= 4 is 67.3 Å². The van der Waals surface area contributed by atoms with Crippen LogP contribution in [0.2, 0.25) is 0 Å². The summed E-state index contributed by atoms with van der Waals surface area (Å²) >= 11 is 0. The third-order valence-electron chi connectivity index (χ3n) is 10.9. The molecular formula is C46H49CrN8O9+4. The fourth-order valence-corrected chi connectivity index (χ4v) is 7.75. The fourth-order valence-electron chi connectivity index (χ4n) is 7.75. The van der Waals surface area contributed by atoms with Crippen molar-refractivity contribution in [2.45, 2.75) is 83.2 Å². The minimum absolute atomic E-state index is 0. The zero-order chi connectivity index (χ0) is 44.9. The summed E-state index contributed by atoms with van der Waals surface area (Å²) in [6, 6.07) is 27.5. The van der Waals surface area contributed by atoms with E-state index < -0.39 is 9.85 Å². The predicted octanol–water partition coefficient (Wildman–Crippen LogP) is 11.3. The zero-order valence-electron chi connectivity index (χ0n) is 35.0. The molecule has 0 saturated heterocycles. The van der Waals surface area contributed by atoms with Gasteiger partial charge in [0.25, 0.3) is 11.4 Å². The predicted molar refractivity (Wildman–Crippen MR) is 239 cm³/mol. The Kier molecular flexibility index (Phi) is 17.2. The number of nitro groups is 2. The Hall–Kier alpha value is -7.00. The molecule has 0 spiro atoms. The molecule has 7 N–H and O–H groups in total. The van der Waals surface area contributed by atoms with E-state index in [1.54, 1.807) is 42.5 Å². The van der Waals surface area contributed by atoms with Crippen molar-refractivity contribution in [1.82, 2.24) is 0 Å². The summed E-state index contributed by atoms with van der Waals surface area (Å²) in [6.45, 7) is 1.35. The standard InChI is InChI=1S/C18H14N4O5.C16H11N3O4.C12H23N.Cr/c1-10(23)19-13-4-2-3-11-5-7-16(25)18(17(11)13)21-20-14-9-12(22(26)27)6-8-15(14)24;20-14-8-6-11(19(22)23)9-13(14)17-18-16-12-4-2-1-3-10(12)5-7-15(16)21;1-3-7-11(8-4-1)13-12-9-5-2-6-10-12;/h2-9,24-25H,1H3,(H,19,23);1-9,20-21H;11-13H,1-10H2;/q;;;+3/p+1. The average molecular weight is 910 g/mol. The molecule has 6 aromatic carbocycles. The first-order chi connectivity index (χ1) is 30.4. The van der Waals surface area contributed by atoms with Crippen LogP contribution in [0.25, 0.3) is 21.5 Å². The monoisotopic (exact) mass is 909 g/mol. The Labute approximate surface area is 379 Å². The maximum absolute atomic E-state index is 11.5. The Balaban J connectivity index is 0.000000189. The van der Waals surface area contributed by atoms with Crippen molar-refractivity contribution in [2.75, 3.05) is 5.32 Å². The number of nitro benzene ring substituents is 2. The second-order valence-electron chi connectivity index (χ2n) is 15.4. The molecule has 64 heavy (non-hydrogen) atoms. The van der Waals surface area contributed by atoms with Gasteiger partial charge in [-0.15, -0.1) is 20.5 Å². The van der Waals surface area contributed by atoms with Crippen LogP contribution in [-0.4, -0.2) is 48.3 Å². The van der Waals surface area contributed by atoms with Crippen molar-refractivity contribution in [2.24, 2.45) is 20.5 Å². The number of hydrogen-bond acceptors (Lipinski definition) is 13. The second-order valence-corrected chi connectivity index (χ2v) is 15.4. The number of fused-ring (bicyclic) bond motifs is 2. The van der Waals surface area contributed by atoms with E-state index in [-0.39, 0.29) is 80.4 Å². The smallest absolute Gasteiger partial charge is 0.506 e. The Morgan fingerprint density at radius 3 is 1.59 bits per heavy atom. The van der Waals surface area contributed by atoms with Gasteiger partial charge in [-0.05, 0) is 92.5 Å². The second kappa shape index (κ2) is 22.9. The number of aromatic hydroxyl groups is 4. The maximum atomic E-state index is 11.5. The first-order valence-electron chi connectivity index (χ1n) is 20.7. The molecule has 0 aromatic heterocycles. The number of carbonyl (C=O) groups excluding carboxylic acids is 1. The van der Waals surface area contributed by atoms with Crippen LogP contribution in [0.4, 0.5) is 39.8 Å². The van der Waals surface area contributed by atoms with Crippen LogP contribution >= 0.6 is 0 Å². The molecular weight excluding hydrogens is 861 g/mol. The van der Waals surface area contributed by atoms with E-state index in [4.69, 9.17) is 0 Å². The number of benzene rings is 6. The zero-order valence-corrected chi connectivity index (χ0v) is 36.3. The summed E-state index contributed by atoms with van der Waals surface area (Å²) in [5, 5.41) is 85.1. The van der Waals surface area contributed by atoms with Gasteiger partial charge in [0, 0.05) is 42.0 Å². The van der Waals surface area contributed by atoms with Gasteiger partial charge in [0.15, 0.2) is 0 Å². The molecule has 2 aliphatic rings. The number of nitrogens with one attached hydrogen (secondary N) is 1. The SMILES string of the molecule is C1CCC([NH2+]C2CCCCC2)CC1.CC(=O)Nc1cccc2ccc(O)c(N=Nc3cc([N+](=O)[O-])ccc3O)c12.O=[N+]([O-])c1ccc(O)c(N=Nc2c(O)ccc3ccccc23)c1.[Cr+3]. The quantitative estimate of drug-likeness (QED) is 0.0457. The van der Waals surface area contributed by atoms with Crippen LogP contribution in [0.5, 0.6) is 23.0 Å². The molecule has 2 saturated carbocycles. The first-order valence-corrected chi connectivity index (χ1v) is 20.7. The van der Waals surface area contributed by atoms with Crippen molar-refractivity contribution in [1.29, 1.82) is 0 Å². The average Bonchev–Trinajstić information content (AvgIpc) is 3.27. The molecule has 0 atom stereocenters. The molecule has 329 valence electrons. The van der Waals surface area contributed by atoms with Gasteiger partial charge in [-0.25, -0.2) is 0 Å². The third kappa shape index (κ3) is 12.8. The van der Waals surface area contributed by atoms with Gasteiger partial charge < -0.3 is 31.1 Å². The number of nitrogens with two attached hydrogens (primary N) is 1. The number of phenols is 4. The number of carbonyl (C=O) groups is 1. The minimum atomic E-state index is -0.622. The van der Waals surface area contributed by atoms with Gasteiger partial charge in [-0.2, -0.15) is 0 Å². The number of anilines is 1. The molecule has 17 nitrogen and oxygen atoms in total. The molecule has 8 rings (SSSR count). The Morgan fingerprint density at radius 1 is 0.594 bits per heavy atom. The van der Waals surface area contributed by atoms with Gasteiger partial charge in [-0.1, -0.05) is 61.4 Å². The van der Waals surface area contributed by atoms with Gasteiger partial charge >= 0.3 is 17.4 Å². The normalized spacial score (nSPS) is 14.3. The number of hydrogen-bond donors (Lipinski definition) is 6. The van der Waals surface area contributed by atoms with Crippen LogP contribution in [0, 0.1) is 20.2 Å². The van der Waals surface area contributed by atoms with Crippen molar-refractivity contribution < 1.29 is 57.7 Å². The largest absolute Gasteiger partial charge is 3.00 e. The summed E-state index contributed by atoms with van der Waals surface area (Å²) in [5.74, 6) is -1.11. The molecule has 6 aromatic rings. The maximum Gasteiger partial charge on any atom is 3.00 e. The van der Waals surface area contributed by atoms with Crippen LogP contribution in [-0.2, 0) is 22.2 Å². The van der Waals surface area contributed by atoms with Crippen LogP contribution in [0.15, 0.2) is 124 Å². The van der Waals surface area contributed by atoms with E-state index in [2.05, 4.69) is 31.1 Å². The Bertz CT molecular complexity index is 2650. The number of non-ortho nitro benzene ring substituents is 2. The van der Waals surface area contributed by atoms with E-state index in [1.165, 1.54) is 95.4 Å². The van der Waals surface area contributed by atoms with Gasteiger partial charge in [0.1, 0.15) is 45.7 Å². The fraction of sp³-hybridized carbons (Fsp3) is 0.283. The van der Waals surface area contributed by atoms with Crippen molar-refractivity contribution in [3.63, 3.8) is 0 Å². The van der Waals surface area contributed by atoms with E-state index in [9.17, 15) is 45.4 Å². The number of amides is 1. The van der Waals surface area contributed by atoms with E-state index >= 15 is 0 Å². The van der Waals surface area contributed by atoms with Crippen molar-refractivity contribution in [3.05, 3.63) is 123 Å². The van der Waals surface area contributed by atoms with Crippen LogP contribution < -0.4 is 10.6 Å². The van der Waals surface area contributed by atoms with E-state index in [0.717, 1.165) is 41.7 Å². The molecule has 0 bridgehead atoms. The first kappa shape index (κ1) is 48.0. The number of nitrogens with zero attached hydrogens (tertiary/aromatic N) is 6. The molecule has 2 aliphatic carbocycles. The molecule has 2 fully saturated rings. The molecule has 0 unspecified atom stereocenters. The van der Waals surface area contributed by atoms with Crippen molar-refractivity contribution in [3.8, 4) is 23.0 Å². The van der Waals surface area contributed by atoms with E-state index in [1.807, 2.05) is 12.1 Å². The molecule has 18 heteroatoms. The van der Waals surface area contributed by atoms with Crippen LogP contribution in [0.1, 0.15) is 71.1 Å². The summed E-state index contributed by atoms with van der Waals surface area (Å²) in [4.78, 5) is 31.9.